The van der Waals surface area contributed by atoms with E-state index in [0.29, 0.717) is 18.3 Å². The van der Waals surface area contributed by atoms with Gasteiger partial charge in [0.05, 0.1) is 5.60 Å². The Morgan fingerprint density at radius 3 is 2.57 bits per heavy atom. The quantitative estimate of drug-likeness (QED) is 0.475. The largest absolute Gasteiger partial charge is 0.385 e. The number of hydrogen-bond acceptors (Lipinski definition) is 2. The highest BCUT2D eigenvalue weighted by Crippen LogP contribution is 2.55. The molecule has 0 radical (unpaired) electrons. The molecule has 0 aromatic carbocycles. The van der Waals surface area contributed by atoms with Crippen molar-refractivity contribution in [1.29, 1.82) is 0 Å². The molecule has 1 N–H and O–H groups in total. The van der Waals surface area contributed by atoms with E-state index < -0.39 is 11.0 Å². The van der Waals surface area contributed by atoms with Gasteiger partial charge in [0, 0.05) is 11.8 Å². The van der Waals surface area contributed by atoms with Crippen molar-refractivity contribution in [3.63, 3.8) is 0 Å². The first-order valence-corrected chi connectivity index (χ1v) is 8.20. The van der Waals surface area contributed by atoms with Gasteiger partial charge in [-0.15, -0.1) is 0 Å². The van der Waals surface area contributed by atoms with Crippen LogP contribution in [0.2, 0.25) is 0 Å². The zero-order valence-corrected chi connectivity index (χ0v) is 13.8. The fourth-order valence-corrected chi connectivity index (χ4v) is 3.85. The monoisotopic (exact) mass is 288 g/mol. The van der Waals surface area contributed by atoms with Gasteiger partial charge in [-0.25, -0.2) is 0 Å². The highest BCUT2D eigenvalue weighted by Gasteiger charge is 2.56. The number of Topliss-reactive ketones (excluding diaryl/α,β-unsaturated/α-hetero) is 1. The summed E-state index contributed by atoms with van der Waals surface area (Å²) in [6, 6.07) is 0. The molecule has 0 aliphatic heterocycles. The molecule has 0 aromatic heterocycles. The molecule has 116 valence electrons. The summed E-state index contributed by atoms with van der Waals surface area (Å²) in [5.41, 5.74) is -1.27. The molecule has 0 spiro atoms. The van der Waals surface area contributed by atoms with Gasteiger partial charge in [-0.2, -0.15) is 0 Å². The summed E-state index contributed by atoms with van der Waals surface area (Å²) in [5.74, 6) is 6.53. The molecule has 2 fully saturated rings. The maximum absolute atomic E-state index is 12.0. The van der Waals surface area contributed by atoms with E-state index in [1.165, 1.54) is 12.8 Å². The lowest BCUT2D eigenvalue weighted by molar-refractivity contribution is -0.121. The Bertz CT molecular complexity index is 489. The van der Waals surface area contributed by atoms with Gasteiger partial charge in [0.15, 0.2) is 0 Å². The minimum absolute atomic E-state index is 0.0531. The van der Waals surface area contributed by atoms with Crippen LogP contribution in [0.1, 0.15) is 59.8 Å². The Morgan fingerprint density at radius 1 is 1.38 bits per heavy atom. The third kappa shape index (κ3) is 3.24. The van der Waals surface area contributed by atoms with Crippen LogP contribution in [0.4, 0.5) is 0 Å². The van der Waals surface area contributed by atoms with Gasteiger partial charge in [0.2, 0.25) is 5.78 Å². The van der Waals surface area contributed by atoms with Crippen molar-refractivity contribution < 1.29 is 9.90 Å². The van der Waals surface area contributed by atoms with Gasteiger partial charge in [0.1, 0.15) is 0 Å². The van der Waals surface area contributed by atoms with Crippen molar-refractivity contribution in [1.82, 2.24) is 0 Å². The molecule has 3 atom stereocenters. The highest BCUT2D eigenvalue weighted by atomic mass is 16.3. The molecule has 21 heavy (non-hydrogen) atoms. The Kier molecular flexibility index (Phi) is 4.63. The molecule has 2 saturated carbocycles. The van der Waals surface area contributed by atoms with E-state index in [9.17, 15) is 9.90 Å². The minimum Gasteiger partial charge on any atom is -0.385 e. The number of hydrogen-bond donors (Lipinski definition) is 1. The van der Waals surface area contributed by atoms with Crippen molar-refractivity contribution in [3.8, 4) is 11.8 Å². The number of aliphatic hydroxyl groups is 1. The molecule has 0 aromatic rings. The smallest absolute Gasteiger partial charge is 0.206 e. The normalized spacial score (nSPS) is 36.0. The molecule has 2 aliphatic rings. The second kappa shape index (κ2) is 5.97. The standard InChI is InChI=1S/C19H28O2/c1-5-6-16(20)13-18(4)11-10-17(14(2)3)19(18,21)12-9-15-7-8-15/h9,12,14-15,17,21H,7-8,10-11,13H2,1-4H3/b12-9+/t17-,18-,19+/m1/s1. The summed E-state index contributed by atoms with van der Waals surface area (Å²) in [5, 5.41) is 11.4. The number of ketones is 1. The Labute approximate surface area is 129 Å². The van der Waals surface area contributed by atoms with Gasteiger partial charge >= 0.3 is 0 Å². The molecule has 2 heteroatoms. The van der Waals surface area contributed by atoms with Gasteiger partial charge < -0.3 is 5.11 Å². The van der Waals surface area contributed by atoms with Crippen LogP contribution in [0.5, 0.6) is 0 Å². The maximum Gasteiger partial charge on any atom is 0.206 e. The lowest BCUT2D eigenvalue weighted by atomic mass is 9.67. The van der Waals surface area contributed by atoms with E-state index in [-0.39, 0.29) is 11.7 Å². The summed E-state index contributed by atoms with van der Waals surface area (Å²) >= 11 is 0. The van der Waals surface area contributed by atoms with Gasteiger partial charge in [0.25, 0.3) is 0 Å². The molecule has 0 unspecified atom stereocenters. The number of carbonyl (C=O) groups is 1. The average Bonchev–Trinajstić information content (AvgIpc) is 3.16. The maximum atomic E-state index is 12.0. The van der Waals surface area contributed by atoms with Crippen molar-refractivity contribution in [2.45, 2.75) is 65.4 Å². The Hall–Kier alpha value is -1.07. The van der Waals surface area contributed by atoms with E-state index in [1.54, 1.807) is 6.92 Å². The van der Waals surface area contributed by atoms with Gasteiger partial charge in [-0.3, -0.25) is 4.79 Å². The van der Waals surface area contributed by atoms with Crippen molar-refractivity contribution in [2.24, 2.45) is 23.2 Å². The second-order valence-electron chi connectivity index (χ2n) is 7.45. The zero-order chi connectivity index (χ0) is 15.7. The fraction of sp³-hybridized carbons (Fsp3) is 0.737. The van der Waals surface area contributed by atoms with Crippen LogP contribution in [0.15, 0.2) is 12.2 Å². The second-order valence-corrected chi connectivity index (χ2v) is 7.45. The third-order valence-electron chi connectivity index (χ3n) is 5.40. The predicted octanol–water partition coefficient (Wildman–Crippen LogP) is 3.74. The molecule has 2 nitrogen and oxygen atoms in total. The highest BCUT2D eigenvalue weighted by molar-refractivity contribution is 5.95. The van der Waals surface area contributed by atoms with Crippen LogP contribution in [-0.4, -0.2) is 16.5 Å². The molecule has 2 rings (SSSR count). The predicted molar refractivity (Wildman–Crippen MR) is 85.6 cm³/mol. The number of carbonyl (C=O) groups excluding carboxylic acids is 1. The minimum atomic E-state index is -0.880. The van der Waals surface area contributed by atoms with E-state index in [0.717, 1.165) is 12.8 Å². The number of rotatable bonds is 5. The third-order valence-corrected chi connectivity index (χ3v) is 5.40. The van der Waals surface area contributed by atoms with Crippen LogP contribution >= 0.6 is 0 Å². The van der Waals surface area contributed by atoms with Gasteiger partial charge in [-0.1, -0.05) is 38.8 Å². The first-order valence-electron chi connectivity index (χ1n) is 8.20. The summed E-state index contributed by atoms with van der Waals surface area (Å²) < 4.78 is 0. The van der Waals surface area contributed by atoms with E-state index >= 15 is 0 Å². The van der Waals surface area contributed by atoms with Gasteiger partial charge in [-0.05, 0) is 56.3 Å². The van der Waals surface area contributed by atoms with Crippen LogP contribution in [-0.2, 0) is 4.79 Å². The Balaban J connectivity index is 2.28. The molecule has 0 saturated heterocycles. The van der Waals surface area contributed by atoms with Crippen molar-refractivity contribution in [3.05, 3.63) is 12.2 Å². The first-order chi connectivity index (χ1) is 9.82. The van der Waals surface area contributed by atoms with Crippen LogP contribution < -0.4 is 0 Å². The lowest BCUT2D eigenvalue weighted by Gasteiger charge is -2.42. The van der Waals surface area contributed by atoms with Crippen LogP contribution in [0.3, 0.4) is 0 Å². The molecular weight excluding hydrogens is 260 g/mol. The van der Waals surface area contributed by atoms with Crippen molar-refractivity contribution in [2.75, 3.05) is 0 Å². The van der Waals surface area contributed by atoms with Crippen LogP contribution in [0.25, 0.3) is 0 Å². The summed E-state index contributed by atoms with van der Waals surface area (Å²) in [7, 11) is 0. The van der Waals surface area contributed by atoms with E-state index in [1.807, 2.05) is 6.08 Å². The zero-order valence-electron chi connectivity index (χ0n) is 13.8. The summed E-state index contributed by atoms with van der Waals surface area (Å²) in [6.45, 7) is 8.08. The topological polar surface area (TPSA) is 37.3 Å². The SMILES string of the molecule is CC#CC(=O)C[C@@]1(C)CC[C@H](C(C)C)[C@@]1(O)/C=C/C1CC1. The van der Waals surface area contributed by atoms with Crippen LogP contribution in [0, 0.1) is 35.0 Å². The summed E-state index contributed by atoms with van der Waals surface area (Å²) in [4.78, 5) is 12.0. The average molecular weight is 288 g/mol. The first kappa shape index (κ1) is 16.3. The molecular formula is C19H28O2. The lowest BCUT2D eigenvalue weighted by Crippen LogP contribution is -2.47. The Morgan fingerprint density at radius 2 is 2.05 bits per heavy atom. The molecule has 0 amide bonds. The van der Waals surface area contributed by atoms with Crippen molar-refractivity contribution >= 4 is 5.78 Å². The van der Waals surface area contributed by atoms with E-state index in [4.69, 9.17) is 0 Å². The molecule has 2 aliphatic carbocycles. The van der Waals surface area contributed by atoms with E-state index in [2.05, 4.69) is 38.7 Å². The molecule has 0 heterocycles. The summed E-state index contributed by atoms with van der Waals surface area (Å²) in [6.07, 6.45) is 8.88. The molecule has 0 bridgehead atoms. The fourth-order valence-electron chi connectivity index (χ4n) is 3.85. The number of allylic oxidation sites excluding steroid dienone is 1.